The number of anilines is 1. The van der Waals surface area contributed by atoms with Gasteiger partial charge in [0.25, 0.3) is 5.91 Å². The first kappa shape index (κ1) is 25.5. The van der Waals surface area contributed by atoms with Gasteiger partial charge >= 0.3 is 0 Å². The maximum absolute atomic E-state index is 13.0. The monoisotopic (exact) mass is 510 g/mol. The Kier molecular flexibility index (Phi) is 7.90. The van der Waals surface area contributed by atoms with Crippen molar-refractivity contribution in [1.29, 1.82) is 0 Å². The van der Waals surface area contributed by atoms with Gasteiger partial charge in [0.05, 0.1) is 19.3 Å². The molecule has 3 fully saturated rings. The first-order valence-corrected chi connectivity index (χ1v) is 13.1. The number of likely N-dealkylation sites (tertiary alicyclic amines) is 2. The van der Waals surface area contributed by atoms with Crippen LogP contribution in [0.3, 0.4) is 0 Å². The van der Waals surface area contributed by atoms with Crippen molar-refractivity contribution in [2.24, 2.45) is 5.11 Å². The van der Waals surface area contributed by atoms with Gasteiger partial charge in [-0.3, -0.25) is 24.6 Å². The van der Waals surface area contributed by atoms with Crippen LogP contribution in [0.15, 0.2) is 23.3 Å². The predicted octanol–water partition coefficient (Wildman–Crippen LogP) is 1.34. The molecule has 2 N–H and O–H groups in total. The molecule has 4 heterocycles. The van der Waals surface area contributed by atoms with E-state index in [0.29, 0.717) is 37.8 Å². The van der Waals surface area contributed by atoms with Gasteiger partial charge in [0.1, 0.15) is 6.04 Å². The number of fused-ring (bicyclic) bond motifs is 1. The lowest BCUT2D eigenvalue weighted by Gasteiger charge is -2.40. The lowest BCUT2D eigenvalue weighted by molar-refractivity contribution is -0.136. The van der Waals surface area contributed by atoms with Crippen molar-refractivity contribution < 1.29 is 19.1 Å². The van der Waals surface area contributed by atoms with Crippen LogP contribution in [0.5, 0.6) is 0 Å². The molecule has 0 aromatic heterocycles. The van der Waals surface area contributed by atoms with Crippen molar-refractivity contribution in [3.63, 3.8) is 0 Å². The van der Waals surface area contributed by atoms with Gasteiger partial charge in [-0.25, -0.2) is 0 Å². The Morgan fingerprint density at radius 2 is 1.84 bits per heavy atom. The van der Waals surface area contributed by atoms with Crippen molar-refractivity contribution in [3.8, 4) is 0 Å². The first-order chi connectivity index (χ1) is 18.0. The SMILES string of the molecule is [N-]=[N+]=NC1CCN(CCOCCN2CC(Nc3cccc4c3CN(C3CCC(=O)NC3=O)C4=O)C2)CC1. The summed E-state index contributed by atoms with van der Waals surface area (Å²) in [6, 6.07) is 5.49. The van der Waals surface area contributed by atoms with Gasteiger partial charge in [-0.15, -0.1) is 0 Å². The number of ether oxygens (including phenoxy) is 1. The number of nitrogens with zero attached hydrogens (tertiary/aromatic N) is 6. The molecule has 1 aromatic rings. The van der Waals surface area contributed by atoms with Crippen molar-refractivity contribution in [3.05, 3.63) is 39.8 Å². The molecule has 4 aliphatic rings. The van der Waals surface area contributed by atoms with Crippen LogP contribution in [0.25, 0.3) is 10.4 Å². The molecule has 1 aromatic carbocycles. The lowest BCUT2D eigenvalue weighted by atomic mass is 10.0. The number of piperidine rings is 2. The molecule has 3 amide bonds. The van der Waals surface area contributed by atoms with Gasteiger partial charge < -0.3 is 19.9 Å². The van der Waals surface area contributed by atoms with Crippen molar-refractivity contribution >= 4 is 23.4 Å². The summed E-state index contributed by atoms with van der Waals surface area (Å²) in [6.45, 7) is 7.27. The summed E-state index contributed by atoms with van der Waals surface area (Å²) < 4.78 is 5.85. The van der Waals surface area contributed by atoms with Gasteiger partial charge in [-0.1, -0.05) is 11.2 Å². The second kappa shape index (κ2) is 11.5. The molecule has 12 heteroatoms. The van der Waals surface area contributed by atoms with Crippen LogP contribution in [-0.4, -0.2) is 103 Å². The van der Waals surface area contributed by atoms with Crippen molar-refractivity contribution in [2.45, 2.75) is 50.4 Å². The minimum atomic E-state index is -0.603. The van der Waals surface area contributed by atoms with E-state index < -0.39 is 11.9 Å². The third-order valence-electron chi connectivity index (χ3n) is 7.77. The van der Waals surface area contributed by atoms with Gasteiger partial charge in [-0.2, -0.15) is 0 Å². The number of carbonyl (C=O) groups is 3. The summed E-state index contributed by atoms with van der Waals surface area (Å²) in [5.74, 6) is -0.824. The third-order valence-corrected chi connectivity index (χ3v) is 7.77. The highest BCUT2D eigenvalue weighted by atomic mass is 16.5. The average Bonchev–Trinajstić information content (AvgIpc) is 3.20. The predicted molar refractivity (Wildman–Crippen MR) is 136 cm³/mol. The van der Waals surface area contributed by atoms with Gasteiger partial charge in [0, 0.05) is 66.9 Å². The number of azide groups is 1. The standard InChI is InChI=1S/C25H34N8O4/c26-30-29-17-6-8-31(9-7-17)10-12-37-13-11-32-14-18(15-32)27-21-3-1-2-19-20(21)16-33(25(19)36)22-4-5-23(34)28-24(22)35/h1-3,17-18,22,27H,4-16H2,(H,28,34,35). The summed E-state index contributed by atoms with van der Waals surface area (Å²) in [5.41, 5.74) is 11.0. The molecular weight excluding hydrogens is 476 g/mol. The number of amides is 3. The number of carbonyl (C=O) groups excluding carboxylic acids is 3. The Hall–Kier alpha value is -3.18. The largest absolute Gasteiger partial charge is 0.379 e. The van der Waals surface area contributed by atoms with E-state index in [2.05, 4.69) is 30.5 Å². The summed E-state index contributed by atoms with van der Waals surface area (Å²) in [4.78, 5) is 46.0. The molecule has 1 unspecified atom stereocenters. The molecule has 12 nitrogen and oxygen atoms in total. The Morgan fingerprint density at radius 3 is 2.57 bits per heavy atom. The average molecular weight is 511 g/mol. The van der Waals surface area contributed by atoms with Crippen LogP contribution in [0.2, 0.25) is 0 Å². The lowest BCUT2D eigenvalue weighted by Crippen LogP contribution is -2.55. The fourth-order valence-electron chi connectivity index (χ4n) is 5.61. The second-order valence-electron chi connectivity index (χ2n) is 10.2. The van der Waals surface area contributed by atoms with Crippen LogP contribution in [0, 0.1) is 0 Å². The van der Waals surface area contributed by atoms with Gasteiger partial charge in [-0.05, 0) is 50.0 Å². The molecule has 0 aliphatic carbocycles. The molecule has 0 saturated carbocycles. The Labute approximate surface area is 215 Å². The second-order valence-corrected chi connectivity index (χ2v) is 10.2. The highest BCUT2D eigenvalue weighted by Gasteiger charge is 2.40. The van der Waals surface area contributed by atoms with Crippen LogP contribution in [0.4, 0.5) is 5.69 Å². The molecule has 0 spiro atoms. The maximum atomic E-state index is 13.0. The molecule has 1 atom stereocenters. The quantitative estimate of drug-likeness (QED) is 0.159. The molecule has 0 bridgehead atoms. The number of nitrogens with one attached hydrogen (secondary N) is 2. The summed E-state index contributed by atoms with van der Waals surface area (Å²) in [6.07, 6.45) is 2.45. The molecule has 5 rings (SSSR count). The summed E-state index contributed by atoms with van der Waals surface area (Å²) >= 11 is 0. The number of rotatable bonds is 10. The van der Waals surface area contributed by atoms with E-state index in [-0.39, 0.29) is 24.3 Å². The highest BCUT2D eigenvalue weighted by molar-refractivity contribution is 6.06. The fraction of sp³-hybridized carbons (Fsp3) is 0.640. The molecule has 0 radical (unpaired) electrons. The van der Waals surface area contributed by atoms with E-state index in [9.17, 15) is 14.4 Å². The van der Waals surface area contributed by atoms with E-state index in [1.165, 1.54) is 0 Å². The van der Waals surface area contributed by atoms with Gasteiger partial charge in [0.15, 0.2) is 0 Å². The van der Waals surface area contributed by atoms with E-state index in [1.54, 1.807) is 4.90 Å². The minimum absolute atomic E-state index is 0.136. The fourth-order valence-corrected chi connectivity index (χ4v) is 5.61. The van der Waals surface area contributed by atoms with E-state index in [4.69, 9.17) is 10.3 Å². The topological polar surface area (TPSA) is 143 Å². The Bertz CT molecular complexity index is 1080. The molecule has 37 heavy (non-hydrogen) atoms. The smallest absolute Gasteiger partial charge is 0.255 e. The molecule has 3 saturated heterocycles. The summed E-state index contributed by atoms with van der Waals surface area (Å²) in [5, 5.41) is 9.74. The zero-order valence-electron chi connectivity index (χ0n) is 21.0. The molecular formula is C25H34N8O4. The van der Waals surface area contributed by atoms with E-state index in [0.717, 1.165) is 63.4 Å². The Morgan fingerprint density at radius 1 is 1.08 bits per heavy atom. The molecule has 4 aliphatic heterocycles. The Balaban J connectivity index is 1.01. The van der Waals surface area contributed by atoms with E-state index >= 15 is 0 Å². The van der Waals surface area contributed by atoms with Crippen molar-refractivity contribution in [1.82, 2.24) is 20.0 Å². The summed E-state index contributed by atoms with van der Waals surface area (Å²) in [7, 11) is 0. The van der Waals surface area contributed by atoms with Crippen LogP contribution >= 0.6 is 0 Å². The zero-order valence-corrected chi connectivity index (χ0v) is 21.0. The van der Waals surface area contributed by atoms with E-state index in [1.807, 2.05) is 18.2 Å². The number of benzene rings is 1. The minimum Gasteiger partial charge on any atom is -0.379 e. The number of hydrogen-bond donors (Lipinski definition) is 2. The van der Waals surface area contributed by atoms with Crippen molar-refractivity contribution in [2.75, 3.05) is 57.8 Å². The maximum Gasteiger partial charge on any atom is 0.255 e. The van der Waals surface area contributed by atoms with Crippen LogP contribution < -0.4 is 10.6 Å². The third kappa shape index (κ3) is 5.88. The normalized spacial score (nSPS) is 23.4. The first-order valence-electron chi connectivity index (χ1n) is 13.1. The number of imide groups is 1. The number of hydrogen-bond acceptors (Lipinski definition) is 8. The molecule has 198 valence electrons. The zero-order chi connectivity index (χ0) is 25.8. The van der Waals surface area contributed by atoms with Gasteiger partial charge in [0.2, 0.25) is 11.8 Å². The highest BCUT2D eigenvalue weighted by Crippen LogP contribution is 2.33. The van der Waals surface area contributed by atoms with Crippen LogP contribution in [-0.2, 0) is 20.9 Å². The van der Waals surface area contributed by atoms with Crippen LogP contribution in [0.1, 0.15) is 41.6 Å².